The van der Waals surface area contributed by atoms with Crippen LogP contribution in [0.1, 0.15) is 31.2 Å². The number of hydrogen-bond donors (Lipinski definition) is 2. The number of hydrogen-bond acceptors (Lipinski definition) is 7. The summed E-state index contributed by atoms with van der Waals surface area (Å²) in [4.78, 5) is 67.9. The third kappa shape index (κ3) is 3.82. The van der Waals surface area contributed by atoms with Gasteiger partial charge in [-0.15, -0.1) is 13.2 Å². The highest BCUT2D eigenvalue weighted by Gasteiger charge is 2.68. The molecule has 0 bridgehead atoms. The van der Waals surface area contributed by atoms with Crippen LogP contribution in [0.4, 0.5) is 23.7 Å². The zero-order valence-electron chi connectivity index (χ0n) is 22.0. The minimum absolute atomic E-state index is 0.0217. The Morgan fingerprint density at radius 3 is 2.36 bits per heavy atom. The number of amides is 6. The van der Waals surface area contributed by atoms with Crippen molar-refractivity contribution in [1.82, 2.24) is 4.90 Å². The van der Waals surface area contributed by atoms with Gasteiger partial charge in [0.1, 0.15) is 11.5 Å². The molecule has 2 aliphatic heterocycles. The average Bonchev–Trinajstić information content (AvgIpc) is 3.29. The molecule has 4 aliphatic rings. The fraction of sp³-hybridized carbons (Fsp3) is 0.345. The highest BCUT2D eigenvalue weighted by Crippen LogP contribution is 2.64. The van der Waals surface area contributed by atoms with Crippen molar-refractivity contribution in [3.63, 3.8) is 0 Å². The van der Waals surface area contributed by atoms with E-state index in [1.807, 2.05) is 0 Å². The molecule has 1 saturated carbocycles. The Hall–Kier alpha value is -4.68. The number of imide groups is 4. The lowest BCUT2D eigenvalue weighted by molar-refractivity contribution is -0.274. The van der Waals surface area contributed by atoms with E-state index in [-0.39, 0.29) is 24.1 Å². The predicted molar refractivity (Wildman–Crippen MR) is 137 cm³/mol. The van der Waals surface area contributed by atoms with Gasteiger partial charge in [0.25, 0.3) is 0 Å². The number of carbonyl (C=O) groups is 5. The van der Waals surface area contributed by atoms with Crippen molar-refractivity contribution >= 4 is 35.3 Å². The number of benzene rings is 2. The van der Waals surface area contributed by atoms with Crippen LogP contribution in [0.15, 0.2) is 60.2 Å². The number of nitrogens with two attached hydrogens (primary N) is 1. The van der Waals surface area contributed by atoms with Crippen LogP contribution in [0.25, 0.3) is 0 Å². The van der Waals surface area contributed by atoms with Crippen LogP contribution < -0.4 is 15.4 Å². The van der Waals surface area contributed by atoms with Gasteiger partial charge in [0.15, 0.2) is 0 Å². The number of anilines is 1. The lowest BCUT2D eigenvalue weighted by Crippen LogP contribution is -2.49. The van der Waals surface area contributed by atoms with E-state index in [1.54, 1.807) is 36.4 Å². The van der Waals surface area contributed by atoms with E-state index in [0.29, 0.717) is 10.5 Å². The number of para-hydroxylation sites is 1. The lowest BCUT2D eigenvalue weighted by atomic mass is 9.51. The van der Waals surface area contributed by atoms with Crippen molar-refractivity contribution < 1.29 is 47.0 Å². The van der Waals surface area contributed by atoms with E-state index in [9.17, 15) is 42.3 Å². The van der Waals surface area contributed by atoms with Gasteiger partial charge in [0.2, 0.25) is 23.6 Å². The molecule has 6 atom stereocenters. The maximum atomic E-state index is 14.2. The number of urea groups is 1. The van der Waals surface area contributed by atoms with Gasteiger partial charge in [-0.05, 0) is 56.0 Å². The van der Waals surface area contributed by atoms with Crippen LogP contribution >= 0.6 is 0 Å². The van der Waals surface area contributed by atoms with Gasteiger partial charge in [0.05, 0.1) is 28.9 Å². The first-order chi connectivity index (χ1) is 19.8. The van der Waals surface area contributed by atoms with Crippen LogP contribution in [0.3, 0.4) is 0 Å². The molecule has 0 aromatic heterocycles. The first kappa shape index (κ1) is 27.5. The summed E-state index contributed by atoms with van der Waals surface area (Å²) in [6, 6.07) is 9.73. The molecule has 6 rings (SSSR count). The molecule has 218 valence electrons. The molecule has 2 saturated heterocycles. The topological polar surface area (TPSA) is 147 Å². The van der Waals surface area contributed by atoms with Crippen LogP contribution in [-0.4, -0.2) is 46.0 Å². The highest BCUT2D eigenvalue weighted by atomic mass is 19.4. The third-order valence-electron chi connectivity index (χ3n) is 9.05. The Balaban J connectivity index is 1.55. The van der Waals surface area contributed by atoms with E-state index < -0.39 is 82.5 Å². The highest BCUT2D eigenvalue weighted by molar-refractivity contribution is 6.24. The number of primary amides is 1. The SMILES string of the molecule is CC12C(=O)N(c3ccccc3)C(=O)C1CC1C(=CCC3C(=O)N(C(N)=O)C(=O)C31)C2c1cc(OC(F)(F)F)ccc1O. The Morgan fingerprint density at radius 1 is 1.02 bits per heavy atom. The molecule has 10 nitrogen and oxygen atoms in total. The number of ether oxygens (including phenoxy) is 1. The number of aromatic hydroxyl groups is 1. The van der Waals surface area contributed by atoms with Crippen molar-refractivity contribution in [3.05, 3.63) is 65.7 Å². The summed E-state index contributed by atoms with van der Waals surface area (Å²) >= 11 is 0. The minimum atomic E-state index is -5.05. The number of allylic oxidation sites excluding steroid dienone is 2. The maximum Gasteiger partial charge on any atom is 0.573 e. The number of phenolic OH excluding ortho intramolecular Hbond substituents is 1. The first-order valence-corrected chi connectivity index (χ1v) is 13.1. The van der Waals surface area contributed by atoms with Crippen LogP contribution in [-0.2, 0) is 19.2 Å². The largest absolute Gasteiger partial charge is 0.573 e. The Morgan fingerprint density at radius 2 is 1.71 bits per heavy atom. The normalized spacial score (nSPS) is 30.6. The molecule has 2 aliphatic carbocycles. The molecular formula is C29H24F3N3O7. The number of fused-ring (bicyclic) bond motifs is 4. The molecule has 42 heavy (non-hydrogen) atoms. The number of phenols is 1. The third-order valence-corrected chi connectivity index (χ3v) is 9.05. The maximum absolute atomic E-state index is 14.2. The van der Waals surface area contributed by atoms with Crippen molar-refractivity contribution in [2.24, 2.45) is 34.8 Å². The minimum Gasteiger partial charge on any atom is -0.508 e. The summed E-state index contributed by atoms with van der Waals surface area (Å²) in [5.74, 6) is -9.13. The van der Waals surface area contributed by atoms with E-state index in [4.69, 9.17) is 5.73 Å². The summed E-state index contributed by atoms with van der Waals surface area (Å²) in [5.41, 5.74) is 4.28. The average molecular weight is 584 g/mol. The van der Waals surface area contributed by atoms with E-state index in [0.717, 1.165) is 23.1 Å². The van der Waals surface area contributed by atoms with E-state index >= 15 is 0 Å². The molecule has 3 N–H and O–H groups in total. The van der Waals surface area contributed by atoms with Crippen molar-refractivity contribution in [3.8, 4) is 11.5 Å². The van der Waals surface area contributed by atoms with Crippen molar-refractivity contribution in [2.75, 3.05) is 4.90 Å². The van der Waals surface area contributed by atoms with Gasteiger partial charge in [-0.25, -0.2) is 9.69 Å². The van der Waals surface area contributed by atoms with Crippen LogP contribution in [0.5, 0.6) is 11.5 Å². The van der Waals surface area contributed by atoms with Gasteiger partial charge >= 0.3 is 12.4 Å². The number of carbonyl (C=O) groups excluding carboxylic acids is 5. The smallest absolute Gasteiger partial charge is 0.508 e. The van der Waals surface area contributed by atoms with Gasteiger partial charge < -0.3 is 15.6 Å². The molecule has 6 amide bonds. The van der Waals surface area contributed by atoms with Gasteiger partial charge in [-0.1, -0.05) is 29.8 Å². The number of halogens is 3. The molecule has 0 radical (unpaired) electrons. The summed E-state index contributed by atoms with van der Waals surface area (Å²) in [5, 5.41) is 11.0. The second-order valence-electron chi connectivity index (χ2n) is 11.1. The van der Waals surface area contributed by atoms with E-state index in [2.05, 4.69) is 4.74 Å². The lowest BCUT2D eigenvalue weighted by Gasteiger charge is -2.49. The first-order valence-electron chi connectivity index (χ1n) is 13.1. The summed E-state index contributed by atoms with van der Waals surface area (Å²) in [6.45, 7) is 1.52. The zero-order chi connectivity index (χ0) is 30.3. The number of alkyl halides is 3. The number of nitrogens with zero attached hydrogens (tertiary/aromatic N) is 2. The fourth-order valence-electron chi connectivity index (χ4n) is 7.36. The van der Waals surface area contributed by atoms with Gasteiger partial charge in [-0.3, -0.25) is 19.2 Å². The fourth-order valence-corrected chi connectivity index (χ4v) is 7.36. The molecule has 3 fully saturated rings. The van der Waals surface area contributed by atoms with Gasteiger partial charge in [-0.2, -0.15) is 4.90 Å². The van der Waals surface area contributed by atoms with Crippen LogP contribution in [0, 0.1) is 29.1 Å². The second kappa shape index (κ2) is 9.16. The van der Waals surface area contributed by atoms with Crippen LogP contribution in [0.2, 0.25) is 0 Å². The number of likely N-dealkylation sites (tertiary alicyclic amines) is 1. The predicted octanol–water partition coefficient (Wildman–Crippen LogP) is 3.60. The standard InChI is InChI=1S/C29H24F3N3O7/c1-28-19(24(38)34(26(28)40)13-5-3-2-4-6-13)12-17-15(8-9-16-21(17)25(39)35(23(16)37)27(33)41)22(28)18-11-14(7-10-20(18)36)42-29(30,31)32/h2-8,10-11,16-17,19,21-22,36H,9,12H2,1H3,(H2,33,41). The molecule has 0 spiro atoms. The van der Waals surface area contributed by atoms with Gasteiger partial charge in [0, 0.05) is 11.5 Å². The quantitative estimate of drug-likeness (QED) is 0.415. The molecule has 2 aromatic rings. The second-order valence-corrected chi connectivity index (χ2v) is 11.1. The molecule has 2 heterocycles. The Labute approximate surface area is 236 Å². The molecule has 13 heteroatoms. The Kier molecular flexibility index (Phi) is 6.00. The summed E-state index contributed by atoms with van der Waals surface area (Å²) < 4.78 is 43.5. The Bertz CT molecular complexity index is 1590. The molecule has 2 aromatic carbocycles. The van der Waals surface area contributed by atoms with Crippen molar-refractivity contribution in [2.45, 2.75) is 32.0 Å². The summed E-state index contributed by atoms with van der Waals surface area (Å²) in [6.07, 6.45) is -3.51. The van der Waals surface area contributed by atoms with Crippen molar-refractivity contribution in [1.29, 1.82) is 0 Å². The monoisotopic (exact) mass is 583 g/mol. The number of rotatable bonds is 3. The van der Waals surface area contributed by atoms with E-state index in [1.165, 1.54) is 6.92 Å². The summed E-state index contributed by atoms with van der Waals surface area (Å²) in [7, 11) is 0. The zero-order valence-corrected chi connectivity index (χ0v) is 22.0. The molecule has 6 unspecified atom stereocenters. The molecular weight excluding hydrogens is 559 g/mol.